The lowest BCUT2D eigenvalue weighted by molar-refractivity contribution is -0.137. The first-order valence-corrected chi connectivity index (χ1v) is 7.63. The van der Waals surface area contributed by atoms with Gasteiger partial charge in [0.1, 0.15) is 5.82 Å². The Morgan fingerprint density at radius 2 is 1.76 bits per heavy atom. The standard InChI is InChI=1S/C16H16ClF3N4O/c1-15(2,3)22-13-7-6-12(23-24-13)14(25)21-9-4-5-11(17)10(8-9)16(18,19)20/h4-8H,1-3H3,(H,21,25)(H,22,24). The fraction of sp³-hybridized carbons (Fsp3) is 0.312. The van der Waals surface area contributed by atoms with Crippen molar-refractivity contribution in [3.63, 3.8) is 0 Å². The molecule has 0 radical (unpaired) electrons. The molecular weight excluding hydrogens is 357 g/mol. The SMILES string of the molecule is CC(C)(C)Nc1ccc(C(=O)Nc2ccc(Cl)c(C(F)(F)F)c2)nn1. The van der Waals surface area contributed by atoms with Crippen LogP contribution >= 0.6 is 11.6 Å². The number of rotatable bonds is 3. The quantitative estimate of drug-likeness (QED) is 0.825. The van der Waals surface area contributed by atoms with Gasteiger partial charge in [-0.2, -0.15) is 13.2 Å². The number of alkyl halides is 3. The minimum absolute atomic E-state index is 0.0250. The summed E-state index contributed by atoms with van der Waals surface area (Å²) in [5, 5.41) is 12.6. The van der Waals surface area contributed by atoms with E-state index in [0.29, 0.717) is 5.82 Å². The first-order valence-electron chi connectivity index (χ1n) is 7.26. The van der Waals surface area contributed by atoms with Crippen LogP contribution in [0.3, 0.4) is 0 Å². The van der Waals surface area contributed by atoms with Gasteiger partial charge in [0.25, 0.3) is 5.91 Å². The molecule has 2 aromatic rings. The Labute approximate surface area is 147 Å². The maximum Gasteiger partial charge on any atom is 0.417 e. The number of nitrogens with one attached hydrogen (secondary N) is 2. The zero-order chi connectivity index (χ0) is 18.8. The van der Waals surface area contributed by atoms with Crippen LogP contribution in [0.4, 0.5) is 24.7 Å². The van der Waals surface area contributed by atoms with Gasteiger partial charge in [-0.05, 0) is 51.1 Å². The van der Waals surface area contributed by atoms with Crippen molar-refractivity contribution in [1.82, 2.24) is 10.2 Å². The highest BCUT2D eigenvalue weighted by Crippen LogP contribution is 2.36. The molecule has 1 aromatic carbocycles. The van der Waals surface area contributed by atoms with Crippen molar-refractivity contribution in [1.29, 1.82) is 0 Å². The van der Waals surface area contributed by atoms with Crippen LogP contribution in [0.1, 0.15) is 36.8 Å². The van der Waals surface area contributed by atoms with Crippen LogP contribution in [0, 0.1) is 0 Å². The van der Waals surface area contributed by atoms with Crippen LogP contribution in [-0.4, -0.2) is 21.6 Å². The monoisotopic (exact) mass is 372 g/mol. The molecule has 9 heteroatoms. The summed E-state index contributed by atoms with van der Waals surface area (Å²) in [4.78, 5) is 12.1. The van der Waals surface area contributed by atoms with E-state index in [-0.39, 0.29) is 16.9 Å². The Hall–Kier alpha value is -2.35. The number of benzene rings is 1. The fourth-order valence-electron chi connectivity index (χ4n) is 1.92. The minimum Gasteiger partial charge on any atom is -0.364 e. The Morgan fingerprint density at radius 1 is 1.08 bits per heavy atom. The van der Waals surface area contributed by atoms with Crippen LogP contribution in [-0.2, 0) is 6.18 Å². The lowest BCUT2D eigenvalue weighted by atomic mass is 10.1. The van der Waals surface area contributed by atoms with Gasteiger partial charge in [-0.3, -0.25) is 4.79 Å². The molecule has 1 amide bonds. The lowest BCUT2D eigenvalue weighted by Gasteiger charge is -2.20. The highest BCUT2D eigenvalue weighted by molar-refractivity contribution is 6.31. The van der Waals surface area contributed by atoms with E-state index in [2.05, 4.69) is 20.8 Å². The predicted octanol–water partition coefficient (Wildman–Crippen LogP) is 4.61. The van der Waals surface area contributed by atoms with Crippen molar-refractivity contribution in [2.24, 2.45) is 0 Å². The number of carbonyl (C=O) groups is 1. The minimum atomic E-state index is -4.61. The van der Waals surface area contributed by atoms with Crippen LogP contribution < -0.4 is 10.6 Å². The molecule has 5 nitrogen and oxygen atoms in total. The van der Waals surface area contributed by atoms with Gasteiger partial charge in [-0.15, -0.1) is 10.2 Å². The Balaban J connectivity index is 2.15. The van der Waals surface area contributed by atoms with E-state index >= 15 is 0 Å². The van der Waals surface area contributed by atoms with E-state index < -0.39 is 22.7 Å². The second kappa shape index (κ2) is 6.87. The molecule has 0 fully saturated rings. The molecule has 0 saturated heterocycles. The van der Waals surface area contributed by atoms with Gasteiger partial charge < -0.3 is 10.6 Å². The van der Waals surface area contributed by atoms with Crippen molar-refractivity contribution in [3.05, 3.63) is 46.6 Å². The average molecular weight is 373 g/mol. The van der Waals surface area contributed by atoms with Gasteiger partial charge in [0.15, 0.2) is 5.69 Å². The van der Waals surface area contributed by atoms with Gasteiger partial charge >= 0.3 is 6.18 Å². The molecule has 134 valence electrons. The molecule has 0 unspecified atom stereocenters. The van der Waals surface area contributed by atoms with Crippen LogP contribution in [0.15, 0.2) is 30.3 Å². The molecule has 0 bridgehead atoms. The highest BCUT2D eigenvalue weighted by atomic mass is 35.5. The zero-order valence-corrected chi connectivity index (χ0v) is 14.5. The Morgan fingerprint density at radius 3 is 2.28 bits per heavy atom. The van der Waals surface area contributed by atoms with E-state index in [4.69, 9.17) is 11.6 Å². The number of amides is 1. The van der Waals surface area contributed by atoms with Crippen molar-refractivity contribution in [3.8, 4) is 0 Å². The van der Waals surface area contributed by atoms with Gasteiger partial charge in [0.2, 0.25) is 0 Å². The van der Waals surface area contributed by atoms with Crippen LogP contribution in [0.2, 0.25) is 5.02 Å². The highest BCUT2D eigenvalue weighted by Gasteiger charge is 2.33. The number of carbonyl (C=O) groups excluding carboxylic acids is 1. The number of halogens is 4. The van der Waals surface area contributed by atoms with E-state index in [0.717, 1.165) is 12.1 Å². The van der Waals surface area contributed by atoms with E-state index in [1.165, 1.54) is 12.1 Å². The molecule has 0 aliphatic heterocycles. The second-order valence-electron chi connectivity index (χ2n) is 6.33. The predicted molar refractivity (Wildman–Crippen MR) is 89.8 cm³/mol. The molecule has 2 rings (SSSR count). The normalized spacial score (nSPS) is 12.0. The third-order valence-corrected chi connectivity index (χ3v) is 3.26. The molecule has 0 saturated carbocycles. The lowest BCUT2D eigenvalue weighted by Crippen LogP contribution is -2.27. The summed E-state index contributed by atoms with van der Waals surface area (Å²) in [5.74, 6) is -0.194. The van der Waals surface area contributed by atoms with E-state index in [9.17, 15) is 18.0 Å². The van der Waals surface area contributed by atoms with Crippen molar-refractivity contribution < 1.29 is 18.0 Å². The van der Waals surface area contributed by atoms with Gasteiger partial charge in [0.05, 0.1) is 10.6 Å². The molecule has 1 heterocycles. The first-order chi connectivity index (χ1) is 11.5. The molecular formula is C16H16ClF3N4O. The number of anilines is 2. The molecule has 25 heavy (non-hydrogen) atoms. The molecule has 2 N–H and O–H groups in total. The third kappa shape index (κ3) is 5.32. The molecule has 0 aliphatic carbocycles. The molecule has 0 atom stereocenters. The van der Waals surface area contributed by atoms with Gasteiger partial charge in [0, 0.05) is 11.2 Å². The van der Waals surface area contributed by atoms with Crippen LogP contribution in [0.25, 0.3) is 0 Å². The number of nitrogens with zero attached hydrogens (tertiary/aromatic N) is 2. The molecule has 0 spiro atoms. The largest absolute Gasteiger partial charge is 0.417 e. The van der Waals surface area contributed by atoms with E-state index in [1.54, 1.807) is 6.07 Å². The maximum absolute atomic E-state index is 12.8. The third-order valence-electron chi connectivity index (χ3n) is 2.93. The number of hydrogen-bond acceptors (Lipinski definition) is 4. The Kier molecular flexibility index (Phi) is 5.22. The summed E-state index contributed by atoms with van der Waals surface area (Å²) in [6.07, 6.45) is -4.61. The first kappa shape index (κ1) is 19.0. The number of aromatic nitrogens is 2. The number of hydrogen-bond donors (Lipinski definition) is 2. The summed E-state index contributed by atoms with van der Waals surface area (Å²) in [6.45, 7) is 5.82. The Bertz CT molecular complexity index is 770. The molecule has 1 aromatic heterocycles. The summed E-state index contributed by atoms with van der Waals surface area (Å²) in [6, 6.07) is 6.11. The summed E-state index contributed by atoms with van der Waals surface area (Å²) < 4.78 is 38.5. The smallest absolute Gasteiger partial charge is 0.364 e. The summed E-state index contributed by atoms with van der Waals surface area (Å²) >= 11 is 5.54. The van der Waals surface area contributed by atoms with Gasteiger partial charge in [-0.1, -0.05) is 11.6 Å². The second-order valence-corrected chi connectivity index (χ2v) is 6.73. The topological polar surface area (TPSA) is 66.9 Å². The van der Waals surface area contributed by atoms with Crippen molar-refractivity contribution in [2.75, 3.05) is 10.6 Å². The summed E-state index contributed by atoms with van der Waals surface area (Å²) in [7, 11) is 0. The summed E-state index contributed by atoms with van der Waals surface area (Å²) in [5.41, 5.74) is -1.32. The maximum atomic E-state index is 12.8. The zero-order valence-electron chi connectivity index (χ0n) is 13.7. The van der Waals surface area contributed by atoms with Crippen molar-refractivity contribution in [2.45, 2.75) is 32.5 Å². The van der Waals surface area contributed by atoms with Gasteiger partial charge in [-0.25, -0.2) is 0 Å². The fourth-order valence-corrected chi connectivity index (χ4v) is 2.14. The van der Waals surface area contributed by atoms with Crippen LogP contribution in [0.5, 0.6) is 0 Å². The molecule has 0 aliphatic rings. The van der Waals surface area contributed by atoms with Crippen molar-refractivity contribution >= 4 is 29.0 Å². The average Bonchev–Trinajstić information content (AvgIpc) is 2.47. The van der Waals surface area contributed by atoms with E-state index in [1.807, 2.05) is 20.8 Å².